The number of rotatable bonds is 4. The van der Waals surface area contributed by atoms with Gasteiger partial charge in [-0.2, -0.15) is 0 Å². The van der Waals surface area contributed by atoms with E-state index in [1.165, 1.54) is 12.1 Å². The largest absolute Gasteiger partial charge is 0.497 e. The Hall–Kier alpha value is -1.77. The summed E-state index contributed by atoms with van der Waals surface area (Å²) in [5.74, 6) is 0.629. The van der Waals surface area contributed by atoms with E-state index in [4.69, 9.17) is 4.74 Å². The third-order valence-corrected chi connectivity index (χ3v) is 2.92. The fourth-order valence-corrected chi connectivity index (χ4v) is 1.77. The van der Waals surface area contributed by atoms with Gasteiger partial charge in [0.25, 0.3) is 0 Å². The van der Waals surface area contributed by atoms with Crippen LogP contribution in [0.15, 0.2) is 29.8 Å². The Labute approximate surface area is 96.1 Å². The lowest BCUT2D eigenvalue weighted by Crippen LogP contribution is -2.36. The van der Waals surface area contributed by atoms with E-state index in [1.54, 1.807) is 7.11 Å². The average Bonchev–Trinajstić information content (AvgIpc) is 2.25. The summed E-state index contributed by atoms with van der Waals surface area (Å²) in [7, 11) is 1.62. The lowest BCUT2D eigenvalue weighted by molar-refractivity contribution is 0.371. The first-order valence-electron chi connectivity index (χ1n) is 5.35. The Morgan fingerprint density at radius 1 is 1.44 bits per heavy atom. The fraction of sp³-hybridized carbons (Fsp3) is 0.308. The maximum atomic E-state index is 5.16. The van der Waals surface area contributed by atoms with E-state index in [1.807, 2.05) is 6.07 Å². The molecule has 3 heteroatoms. The molecule has 0 saturated carbocycles. The number of hydrogen-bond donors (Lipinski definition) is 0. The molecule has 1 aromatic carbocycles. The van der Waals surface area contributed by atoms with Crippen molar-refractivity contribution < 1.29 is 4.74 Å². The Morgan fingerprint density at radius 2 is 2.19 bits per heavy atom. The summed E-state index contributed by atoms with van der Waals surface area (Å²) in [5, 5.41) is 0. The van der Waals surface area contributed by atoms with Crippen molar-refractivity contribution in [2.24, 2.45) is 4.99 Å². The molecule has 0 spiro atoms. The first-order valence-corrected chi connectivity index (χ1v) is 5.35. The van der Waals surface area contributed by atoms with E-state index in [0.29, 0.717) is 5.76 Å². The highest BCUT2D eigenvalue weighted by Gasteiger charge is 2.16. The molecule has 0 N–H and O–H groups in total. The van der Waals surface area contributed by atoms with Crippen molar-refractivity contribution in [2.45, 2.75) is 6.42 Å². The molecule has 2 rings (SSSR count). The van der Waals surface area contributed by atoms with Gasteiger partial charge in [0.15, 0.2) is 0 Å². The maximum absolute atomic E-state index is 5.16. The predicted molar refractivity (Wildman–Crippen MR) is 68.5 cm³/mol. The number of ether oxygens (including phenoxy) is 1. The second-order valence-corrected chi connectivity index (χ2v) is 3.83. The zero-order valence-corrected chi connectivity index (χ0v) is 9.57. The van der Waals surface area contributed by atoms with Crippen LogP contribution in [0.2, 0.25) is 0 Å². The monoisotopic (exact) mass is 216 g/mol. The third-order valence-electron chi connectivity index (χ3n) is 2.92. The zero-order valence-electron chi connectivity index (χ0n) is 9.57. The van der Waals surface area contributed by atoms with E-state index in [2.05, 4.69) is 35.3 Å². The minimum atomic E-state index is 0.629. The SMILES string of the molecule is C=Nc1ccc(N2CCC2)cc1C(=C)OC. The maximum Gasteiger partial charge on any atom is 0.121 e. The molecule has 16 heavy (non-hydrogen) atoms. The summed E-state index contributed by atoms with van der Waals surface area (Å²) in [5.41, 5.74) is 2.94. The van der Waals surface area contributed by atoms with Gasteiger partial charge in [-0.05, 0) is 31.3 Å². The van der Waals surface area contributed by atoms with Crippen LogP contribution in [-0.2, 0) is 4.74 Å². The van der Waals surface area contributed by atoms with Gasteiger partial charge in [0, 0.05) is 24.3 Å². The highest BCUT2D eigenvalue weighted by Crippen LogP contribution is 2.31. The average molecular weight is 216 g/mol. The van der Waals surface area contributed by atoms with Crippen LogP contribution in [0, 0.1) is 0 Å². The van der Waals surface area contributed by atoms with Gasteiger partial charge in [0.05, 0.1) is 12.8 Å². The predicted octanol–water partition coefficient (Wildman–Crippen LogP) is 2.85. The molecule has 1 fully saturated rings. The highest BCUT2D eigenvalue weighted by molar-refractivity contribution is 5.74. The lowest BCUT2D eigenvalue weighted by Gasteiger charge is -2.33. The van der Waals surface area contributed by atoms with Crippen LogP contribution in [0.3, 0.4) is 0 Å². The normalized spacial score (nSPS) is 14.2. The highest BCUT2D eigenvalue weighted by atomic mass is 16.5. The van der Waals surface area contributed by atoms with Crippen LogP contribution in [0.1, 0.15) is 12.0 Å². The molecule has 1 saturated heterocycles. The van der Waals surface area contributed by atoms with Gasteiger partial charge in [-0.15, -0.1) is 0 Å². The van der Waals surface area contributed by atoms with Gasteiger partial charge >= 0.3 is 0 Å². The summed E-state index contributed by atoms with van der Waals surface area (Å²) in [6.07, 6.45) is 1.27. The van der Waals surface area contributed by atoms with Crippen LogP contribution in [0.25, 0.3) is 5.76 Å². The number of aliphatic imine (C=N–C) groups is 1. The molecular formula is C13H16N2O. The molecule has 0 aromatic heterocycles. The third kappa shape index (κ3) is 1.81. The molecule has 84 valence electrons. The van der Waals surface area contributed by atoms with Gasteiger partial charge in [-0.25, -0.2) is 0 Å². The molecule has 1 heterocycles. The molecular weight excluding hydrogens is 200 g/mol. The number of methoxy groups -OCH3 is 1. The van der Waals surface area contributed by atoms with Crippen LogP contribution in [0.5, 0.6) is 0 Å². The van der Waals surface area contributed by atoms with Crippen molar-refractivity contribution >= 4 is 23.9 Å². The molecule has 0 atom stereocenters. The summed E-state index contributed by atoms with van der Waals surface area (Å²) >= 11 is 0. The van der Waals surface area contributed by atoms with Crippen LogP contribution >= 0.6 is 0 Å². The van der Waals surface area contributed by atoms with Crippen LogP contribution in [0.4, 0.5) is 11.4 Å². The van der Waals surface area contributed by atoms with E-state index >= 15 is 0 Å². The van der Waals surface area contributed by atoms with Gasteiger partial charge in [-0.3, -0.25) is 4.99 Å². The molecule has 3 nitrogen and oxygen atoms in total. The Bertz CT molecular complexity index is 422. The molecule has 0 radical (unpaired) electrons. The summed E-state index contributed by atoms with van der Waals surface area (Å²) < 4.78 is 5.16. The smallest absolute Gasteiger partial charge is 0.121 e. The van der Waals surface area contributed by atoms with Crippen LogP contribution < -0.4 is 4.90 Å². The van der Waals surface area contributed by atoms with Crippen molar-refractivity contribution in [1.82, 2.24) is 0 Å². The van der Waals surface area contributed by atoms with Crippen molar-refractivity contribution in [3.8, 4) is 0 Å². The molecule has 1 aliphatic heterocycles. The summed E-state index contributed by atoms with van der Waals surface area (Å²) in [6, 6.07) is 6.09. The second-order valence-electron chi connectivity index (χ2n) is 3.83. The Balaban J connectivity index is 2.37. The summed E-state index contributed by atoms with van der Waals surface area (Å²) in [6.45, 7) is 9.67. The number of benzene rings is 1. The number of nitrogens with zero attached hydrogens (tertiary/aromatic N) is 2. The zero-order chi connectivity index (χ0) is 11.5. The molecule has 0 unspecified atom stereocenters. The fourth-order valence-electron chi connectivity index (χ4n) is 1.77. The van der Waals surface area contributed by atoms with Gasteiger partial charge < -0.3 is 9.64 Å². The van der Waals surface area contributed by atoms with Crippen molar-refractivity contribution in [3.63, 3.8) is 0 Å². The van der Waals surface area contributed by atoms with Crippen molar-refractivity contribution in [2.75, 3.05) is 25.1 Å². The summed E-state index contributed by atoms with van der Waals surface area (Å²) in [4.78, 5) is 6.29. The van der Waals surface area contributed by atoms with E-state index in [-0.39, 0.29) is 0 Å². The van der Waals surface area contributed by atoms with E-state index < -0.39 is 0 Å². The van der Waals surface area contributed by atoms with Crippen molar-refractivity contribution in [3.05, 3.63) is 30.3 Å². The standard InChI is InChI=1S/C13H16N2O/c1-10(16-3)12-9-11(15-7-4-8-15)5-6-13(12)14-2/h5-6,9H,1-2,4,7-8H2,3H3. The number of anilines is 1. The molecule has 1 aliphatic rings. The van der Waals surface area contributed by atoms with E-state index in [0.717, 1.165) is 24.3 Å². The van der Waals surface area contributed by atoms with Gasteiger partial charge in [0.2, 0.25) is 0 Å². The Kier molecular flexibility index (Phi) is 2.95. The lowest BCUT2D eigenvalue weighted by atomic mass is 10.1. The molecule has 0 amide bonds. The van der Waals surface area contributed by atoms with Gasteiger partial charge in [-0.1, -0.05) is 6.58 Å². The first-order chi connectivity index (χ1) is 7.76. The quantitative estimate of drug-likeness (QED) is 0.571. The number of hydrogen-bond acceptors (Lipinski definition) is 3. The van der Waals surface area contributed by atoms with E-state index in [9.17, 15) is 0 Å². The molecule has 0 aliphatic carbocycles. The first kappa shape index (κ1) is 10.7. The van der Waals surface area contributed by atoms with Crippen LogP contribution in [-0.4, -0.2) is 26.9 Å². The van der Waals surface area contributed by atoms with Gasteiger partial charge in [0.1, 0.15) is 5.76 Å². The molecule has 1 aromatic rings. The topological polar surface area (TPSA) is 24.8 Å². The minimum Gasteiger partial charge on any atom is -0.497 e. The Morgan fingerprint density at radius 3 is 2.69 bits per heavy atom. The minimum absolute atomic E-state index is 0.629. The molecule has 0 bridgehead atoms. The van der Waals surface area contributed by atoms with Crippen molar-refractivity contribution in [1.29, 1.82) is 0 Å². The second kappa shape index (κ2) is 4.39.